The number of anilines is 2. The monoisotopic (exact) mass is 488 g/mol. The van der Waals surface area contributed by atoms with Gasteiger partial charge in [0.1, 0.15) is 0 Å². The lowest BCUT2D eigenvalue weighted by Gasteiger charge is -2.22. The minimum atomic E-state index is -3.40. The number of benzene rings is 2. The normalized spacial score (nSPS) is 16.4. The average molecular weight is 489 g/mol. The third-order valence-corrected chi connectivity index (χ3v) is 9.02. The molecule has 0 aliphatic carbocycles. The second-order valence-corrected chi connectivity index (χ2v) is 11.9. The number of thioether (sulfide) groups is 1. The molecule has 5 rings (SSSR count). The number of rotatable bonds is 4. The van der Waals surface area contributed by atoms with E-state index < -0.39 is 10.0 Å². The van der Waals surface area contributed by atoms with Gasteiger partial charge in [-0.05, 0) is 61.2 Å². The largest absolute Gasteiger partial charge is 0.322 e. The molecule has 0 spiro atoms. The van der Waals surface area contributed by atoms with Crippen LogP contribution in [0.25, 0.3) is 0 Å². The molecule has 0 saturated carbocycles. The molecule has 0 bridgehead atoms. The molecular weight excluding hydrogens is 473 g/mol. The van der Waals surface area contributed by atoms with E-state index in [-0.39, 0.29) is 11.7 Å². The van der Waals surface area contributed by atoms with Gasteiger partial charge in [0.05, 0.1) is 11.4 Å². The highest BCUT2D eigenvalue weighted by atomic mass is 32.2. The van der Waals surface area contributed by atoms with E-state index in [1.54, 1.807) is 35.2 Å². The molecule has 0 fully saturated rings. The zero-order chi connectivity index (χ0) is 21.6. The van der Waals surface area contributed by atoms with Gasteiger partial charge in [-0.3, -0.25) is 4.79 Å². The maximum Gasteiger partial charge on any atom is 0.257 e. The van der Waals surface area contributed by atoms with E-state index in [4.69, 9.17) is 0 Å². The van der Waals surface area contributed by atoms with Crippen LogP contribution >= 0.6 is 34.9 Å². The van der Waals surface area contributed by atoms with Gasteiger partial charge >= 0.3 is 0 Å². The van der Waals surface area contributed by atoms with Crippen molar-refractivity contribution in [2.75, 3.05) is 22.5 Å². The summed E-state index contributed by atoms with van der Waals surface area (Å²) in [5, 5.41) is 5.37. The van der Waals surface area contributed by atoms with Crippen LogP contribution in [-0.4, -0.2) is 36.8 Å². The fourth-order valence-corrected chi connectivity index (χ4v) is 7.27. The number of amides is 1. The highest BCUT2D eigenvalue weighted by Gasteiger charge is 2.33. The number of aryl methyl sites for hydroxylation is 1. The minimum Gasteiger partial charge on any atom is -0.322 e. The smallest absolute Gasteiger partial charge is 0.257 e. The Kier molecular flexibility index (Phi) is 5.29. The summed E-state index contributed by atoms with van der Waals surface area (Å²) in [4.78, 5) is 20.9. The summed E-state index contributed by atoms with van der Waals surface area (Å²) in [5.41, 5.74) is 3.10. The summed E-state index contributed by atoms with van der Waals surface area (Å²) in [5.74, 6) is -0.228. The molecule has 158 valence electrons. The van der Waals surface area contributed by atoms with Crippen molar-refractivity contribution in [3.63, 3.8) is 0 Å². The van der Waals surface area contributed by atoms with E-state index in [9.17, 15) is 13.2 Å². The molecular formula is C20H16N4O3S4. The van der Waals surface area contributed by atoms with Crippen molar-refractivity contribution >= 4 is 67.3 Å². The first-order valence-corrected chi connectivity index (χ1v) is 13.4. The highest BCUT2D eigenvalue weighted by molar-refractivity contribution is 8.15. The van der Waals surface area contributed by atoms with Crippen molar-refractivity contribution in [2.24, 2.45) is 4.40 Å². The summed E-state index contributed by atoms with van der Waals surface area (Å²) in [7, 11) is -3.40. The molecule has 2 aliphatic heterocycles. The molecule has 0 unspecified atom stereocenters. The number of amidine groups is 1. The number of fused-ring (bicyclic) bond motifs is 3. The summed E-state index contributed by atoms with van der Waals surface area (Å²) in [6.45, 7) is 2.34. The number of carbonyl (C=O) groups excluding carboxylic acids is 1. The number of carbonyl (C=O) groups is 1. The Hall–Kier alpha value is -2.34. The Balaban J connectivity index is 1.29. The third kappa shape index (κ3) is 4.36. The van der Waals surface area contributed by atoms with Crippen molar-refractivity contribution in [1.29, 1.82) is 0 Å². The number of hydrogen-bond acceptors (Lipinski definition) is 8. The number of nitrogens with zero attached hydrogens (tertiary/aromatic N) is 3. The van der Waals surface area contributed by atoms with E-state index in [2.05, 4.69) is 14.7 Å². The zero-order valence-electron chi connectivity index (χ0n) is 16.2. The average Bonchev–Trinajstić information content (AvgIpc) is 3.30. The highest BCUT2D eigenvalue weighted by Crippen LogP contribution is 2.42. The Labute approximate surface area is 192 Å². The zero-order valence-corrected chi connectivity index (χ0v) is 19.5. The van der Waals surface area contributed by atoms with Crippen molar-refractivity contribution in [3.05, 3.63) is 59.1 Å². The molecule has 1 aromatic heterocycles. The summed E-state index contributed by atoms with van der Waals surface area (Å²) in [6, 6.07) is 13.0. The number of thiazole rings is 1. The molecule has 31 heavy (non-hydrogen) atoms. The van der Waals surface area contributed by atoms with E-state index in [1.165, 1.54) is 11.8 Å². The van der Waals surface area contributed by atoms with E-state index in [0.717, 1.165) is 25.5 Å². The first kappa shape index (κ1) is 20.6. The molecule has 0 radical (unpaired) electrons. The Morgan fingerprint density at radius 1 is 1.19 bits per heavy atom. The van der Waals surface area contributed by atoms with Gasteiger partial charge in [-0.2, -0.15) is 0 Å². The molecule has 0 atom stereocenters. The van der Waals surface area contributed by atoms with Crippen LogP contribution in [0.1, 0.15) is 16.1 Å². The predicted octanol–water partition coefficient (Wildman–Crippen LogP) is 4.47. The lowest BCUT2D eigenvalue weighted by atomic mass is 10.1. The molecule has 2 aromatic carbocycles. The summed E-state index contributed by atoms with van der Waals surface area (Å²) in [6.07, 6.45) is 0. The lowest BCUT2D eigenvalue weighted by Crippen LogP contribution is -2.35. The number of nitrogens with one attached hydrogen (secondary N) is 1. The molecule has 1 N–H and O–H groups in total. The van der Waals surface area contributed by atoms with E-state index in [1.807, 2.05) is 47.5 Å². The minimum absolute atomic E-state index is 0.00479. The molecule has 11 heteroatoms. The third-order valence-electron chi connectivity index (χ3n) is 4.65. The number of hydrogen-bond donors (Lipinski definition) is 1. The second-order valence-electron chi connectivity index (χ2n) is 6.93. The number of aromatic nitrogens is 1. The SMILES string of the molecule is Cc1csc(Sc2ccc(NC(=O)c3ccc4c(c3)SC3=NS(=O)(=O)CCN34)cc2)n1. The topological polar surface area (TPSA) is 91.7 Å². The molecule has 3 aromatic rings. The van der Waals surface area contributed by atoms with Crippen LogP contribution in [0.15, 0.2) is 66.4 Å². The lowest BCUT2D eigenvalue weighted by molar-refractivity contribution is 0.102. The molecule has 0 saturated heterocycles. The van der Waals surface area contributed by atoms with Crippen molar-refractivity contribution in [1.82, 2.24) is 4.98 Å². The number of sulfonamides is 1. The van der Waals surface area contributed by atoms with Gasteiger partial charge in [-0.15, -0.1) is 15.7 Å². The van der Waals surface area contributed by atoms with E-state index in [0.29, 0.717) is 23.0 Å². The maximum absolute atomic E-state index is 12.7. The van der Waals surface area contributed by atoms with Crippen LogP contribution in [-0.2, 0) is 10.0 Å². The van der Waals surface area contributed by atoms with Crippen LogP contribution in [0.5, 0.6) is 0 Å². The van der Waals surface area contributed by atoms with Crippen LogP contribution < -0.4 is 10.2 Å². The molecule has 7 nitrogen and oxygen atoms in total. The first-order chi connectivity index (χ1) is 14.9. The van der Waals surface area contributed by atoms with Crippen LogP contribution in [0.2, 0.25) is 0 Å². The Morgan fingerprint density at radius 3 is 2.74 bits per heavy atom. The second kappa shape index (κ2) is 7.97. The van der Waals surface area contributed by atoms with Gasteiger partial charge in [0, 0.05) is 38.7 Å². The van der Waals surface area contributed by atoms with Gasteiger partial charge in [-0.1, -0.05) is 11.8 Å². The molecule has 1 amide bonds. The fraction of sp³-hybridized carbons (Fsp3) is 0.150. The van der Waals surface area contributed by atoms with Crippen LogP contribution in [0.3, 0.4) is 0 Å². The van der Waals surface area contributed by atoms with E-state index >= 15 is 0 Å². The first-order valence-electron chi connectivity index (χ1n) is 9.30. The summed E-state index contributed by atoms with van der Waals surface area (Å²) >= 11 is 4.47. The van der Waals surface area contributed by atoms with Crippen molar-refractivity contribution in [3.8, 4) is 0 Å². The molecule has 2 aliphatic rings. The van der Waals surface area contributed by atoms with Gasteiger partial charge in [0.25, 0.3) is 15.9 Å². The van der Waals surface area contributed by atoms with Gasteiger partial charge in [0.15, 0.2) is 9.51 Å². The predicted molar refractivity (Wildman–Crippen MR) is 126 cm³/mol. The summed E-state index contributed by atoms with van der Waals surface area (Å²) < 4.78 is 28.3. The fourth-order valence-electron chi connectivity index (χ4n) is 3.16. The Bertz CT molecular complexity index is 1320. The van der Waals surface area contributed by atoms with Crippen LogP contribution in [0, 0.1) is 6.92 Å². The van der Waals surface area contributed by atoms with Gasteiger partial charge in [-0.25, -0.2) is 13.4 Å². The van der Waals surface area contributed by atoms with Gasteiger partial charge in [0.2, 0.25) is 0 Å². The van der Waals surface area contributed by atoms with Gasteiger partial charge < -0.3 is 10.2 Å². The standard InChI is InChI=1S/C20H16N4O3S4/c1-12-11-28-20(21-12)29-15-5-3-14(4-6-15)22-18(25)13-2-7-16-17(10-13)30-19-23-31(26,27)9-8-24(16)19/h2-7,10-11H,8-9H2,1H3,(H,22,25). The molecule has 3 heterocycles. The Morgan fingerprint density at radius 2 is 2.00 bits per heavy atom. The maximum atomic E-state index is 12.7. The van der Waals surface area contributed by atoms with Crippen molar-refractivity contribution in [2.45, 2.75) is 21.1 Å². The van der Waals surface area contributed by atoms with Crippen molar-refractivity contribution < 1.29 is 13.2 Å². The quantitative estimate of drug-likeness (QED) is 0.579. The van der Waals surface area contributed by atoms with Crippen LogP contribution in [0.4, 0.5) is 11.4 Å².